The normalized spacial score (nSPS) is 19.3. The zero-order valence-corrected chi connectivity index (χ0v) is 14.9. The highest BCUT2D eigenvalue weighted by atomic mass is 35.5. The predicted molar refractivity (Wildman–Crippen MR) is 89.9 cm³/mol. The molecule has 4 amide bonds. The van der Waals surface area contributed by atoms with Gasteiger partial charge in [-0.1, -0.05) is 18.5 Å². The minimum Gasteiger partial charge on any atom is -0.454 e. The molecule has 0 aliphatic carbocycles. The molecular weight excluding hydrogens is 369 g/mol. The molecule has 1 aliphatic rings. The van der Waals surface area contributed by atoms with Crippen LogP contribution in [0.15, 0.2) is 18.2 Å². The summed E-state index contributed by atoms with van der Waals surface area (Å²) in [6, 6.07) is 2.89. The van der Waals surface area contributed by atoms with Gasteiger partial charge in [-0.05, 0) is 31.5 Å². The molecule has 1 aromatic carbocycles. The zero-order valence-electron chi connectivity index (χ0n) is 14.1. The molecule has 1 heterocycles. The molecule has 1 unspecified atom stereocenters. The van der Waals surface area contributed by atoms with Gasteiger partial charge in [0, 0.05) is 5.02 Å². The van der Waals surface area contributed by atoms with Crippen molar-refractivity contribution in [2.24, 2.45) is 0 Å². The molecule has 0 bridgehead atoms. The SMILES string of the molecule is CCC1(C)NC(=O)N(CC(=O)OCC(=O)Nc2cc(Cl)ccc2F)C1=O. The Balaban J connectivity index is 1.87. The predicted octanol–water partition coefficient (Wildman–Crippen LogP) is 1.68. The number of rotatable bonds is 6. The molecule has 2 rings (SSSR count). The second-order valence-corrected chi connectivity index (χ2v) is 6.28. The smallest absolute Gasteiger partial charge is 0.326 e. The monoisotopic (exact) mass is 385 g/mol. The Morgan fingerprint density at radius 2 is 2.08 bits per heavy atom. The summed E-state index contributed by atoms with van der Waals surface area (Å²) in [6.07, 6.45) is 0.358. The lowest BCUT2D eigenvalue weighted by molar-refractivity contribution is -0.150. The molecule has 1 aliphatic heterocycles. The number of nitrogens with zero attached hydrogens (tertiary/aromatic N) is 1. The van der Waals surface area contributed by atoms with Crippen LogP contribution in [0.25, 0.3) is 0 Å². The quantitative estimate of drug-likeness (QED) is 0.572. The van der Waals surface area contributed by atoms with Crippen molar-refractivity contribution < 1.29 is 28.3 Å². The number of carbonyl (C=O) groups is 4. The molecule has 0 aromatic heterocycles. The van der Waals surface area contributed by atoms with E-state index in [0.717, 1.165) is 11.0 Å². The molecule has 2 N–H and O–H groups in total. The van der Waals surface area contributed by atoms with E-state index in [0.29, 0.717) is 6.42 Å². The van der Waals surface area contributed by atoms with Crippen molar-refractivity contribution >= 4 is 41.1 Å². The lowest BCUT2D eigenvalue weighted by atomic mass is 9.99. The Kier molecular flexibility index (Phi) is 5.81. The molecule has 0 spiro atoms. The van der Waals surface area contributed by atoms with E-state index in [4.69, 9.17) is 16.3 Å². The van der Waals surface area contributed by atoms with Gasteiger partial charge in [-0.2, -0.15) is 0 Å². The van der Waals surface area contributed by atoms with Gasteiger partial charge >= 0.3 is 12.0 Å². The number of nitrogens with one attached hydrogen (secondary N) is 2. The molecule has 26 heavy (non-hydrogen) atoms. The highest BCUT2D eigenvalue weighted by Gasteiger charge is 2.47. The second-order valence-electron chi connectivity index (χ2n) is 5.84. The maximum absolute atomic E-state index is 13.5. The highest BCUT2D eigenvalue weighted by molar-refractivity contribution is 6.30. The fourth-order valence-electron chi connectivity index (χ4n) is 2.23. The van der Waals surface area contributed by atoms with Crippen LogP contribution in [0.3, 0.4) is 0 Å². The number of halogens is 2. The Morgan fingerprint density at radius 1 is 1.38 bits per heavy atom. The van der Waals surface area contributed by atoms with Gasteiger partial charge in [0.1, 0.15) is 17.9 Å². The number of ether oxygens (including phenoxy) is 1. The van der Waals surface area contributed by atoms with Crippen LogP contribution < -0.4 is 10.6 Å². The number of esters is 1. The molecule has 1 saturated heterocycles. The van der Waals surface area contributed by atoms with E-state index in [-0.39, 0.29) is 10.7 Å². The summed E-state index contributed by atoms with van der Waals surface area (Å²) in [5, 5.41) is 4.91. The van der Waals surface area contributed by atoms with Crippen molar-refractivity contribution in [3.8, 4) is 0 Å². The standard InChI is InChI=1S/C16H17ClFN3O5/c1-3-16(2)14(24)21(15(25)20-16)7-13(23)26-8-12(22)19-11-6-9(17)4-5-10(11)18/h4-6H,3,7-8H2,1-2H3,(H,19,22)(H,20,25). The Labute approximate surface area is 153 Å². The maximum Gasteiger partial charge on any atom is 0.326 e. The zero-order chi connectivity index (χ0) is 19.5. The van der Waals surface area contributed by atoms with Crippen LogP contribution in [-0.2, 0) is 19.1 Å². The number of imide groups is 1. The molecule has 0 saturated carbocycles. The summed E-state index contributed by atoms with van der Waals surface area (Å²) < 4.78 is 18.2. The van der Waals surface area contributed by atoms with Crippen LogP contribution in [0.5, 0.6) is 0 Å². The third kappa shape index (κ3) is 4.29. The first-order valence-electron chi connectivity index (χ1n) is 7.71. The van der Waals surface area contributed by atoms with E-state index in [9.17, 15) is 23.6 Å². The van der Waals surface area contributed by atoms with Crippen molar-refractivity contribution in [2.45, 2.75) is 25.8 Å². The van der Waals surface area contributed by atoms with Crippen LogP contribution in [0.4, 0.5) is 14.9 Å². The largest absolute Gasteiger partial charge is 0.454 e. The van der Waals surface area contributed by atoms with Gasteiger partial charge < -0.3 is 15.4 Å². The van der Waals surface area contributed by atoms with Crippen LogP contribution in [0.1, 0.15) is 20.3 Å². The van der Waals surface area contributed by atoms with E-state index < -0.39 is 48.3 Å². The first-order chi connectivity index (χ1) is 12.2. The number of anilines is 1. The molecule has 10 heteroatoms. The van der Waals surface area contributed by atoms with E-state index in [1.807, 2.05) is 0 Å². The van der Waals surface area contributed by atoms with Crippen molar-refractivity contribution in [1.29, 1.82) is 0 Å². The van der Waals surface area contributed by atoms with E-state index in [2.05, 4.69) is 10.6 Å². The third-order valence-electron chi connectivity index (χ3n) is 3.91. The number of urea groups is 1. The second kappa shape index (κ2) is 7.69. The van der Waals surface area contributed by atoms with Gasteiger partial charge in [0.2, 0.25) is 0 Å². The summed E-state index contributed by atoms with van der Waals surface area (Å²) in [7, 11) is 0. The van der Waals surface area contributed by atoms with Crippen molar-refractivity contribution in [3.05, 3.63) is 29.0 Å². The van der Waals surface area contributed by atoms with Gasteiger partial charge in [0.15, 0.2) is 6.61 Å². The van der Waals surface area contributed by atoms with Crippen LogP contribution in [-0.4, -0.2) is 47.4 Å². The van der Waals surface area contributed by atoms with Crippen LogP contribution in [0, 0.1) is 5.82 Å². The molecule has 0 radical (unpaired) electrons. The Morgan fingerprint density at radius 3 is 2.69 bits per heavy atom. The summed E-state index contributed by atoms with van der Waals surface area (Å²) in [5.41, 5.74) is -1.23. The molecule has 1 fully saturated rings. The number of hydrogen-bond donors (Lipinski definition) is 2. The van der Waals surface area contributed by atoms with Gasteiger partial charge in [-0.3, -0.25) is 19.3 Å². The van der Waals surface area contributed by atoms with E-state index in [1.54, 1.807) is 13.8 Å². The summed E-state index contributed by atoms with van der Waals surface area (Å²) in [4.78, 5) is 48.2. The summed E-state index contributed by atoms with van der Waals surface area (Å²) in [6.45, 7) is 1.93. The number of benzene rings is 1. The average molecular weight is 386 g/mol. The summed E-state index contributed by atoms with van der Waals surface area (Å²) in [5.74, 6) is -3.00. The van der Waals surface area contributed by atoms with Gasteiger partial charge in [-0.25, -0.2) is 9.18 Å². The fourth-order valence-corrected chi connectivity index (χ4v) is 2.40. The number of carbonyl (C=O) groups excluding carboxylic acids is 4. The lowest BCUT2D eigenvalue weighted by Gasteiger charge is -2.18. The lowest BCUT2D eigenvalue weighted by Crippen LogP contribution is -2.43. The minimum absolute atomic E-state index is 0.161. The van der Waals surface area contributed by atoms with Gasteiger partial charge in [0.05, 0.1) is 5.69 Å². The number of hydrogen-bond acceptors (Lipinski definition) is 5. The molecule has 1 aromatic rings. The Bertz CT molecular complexity index is 772. The van der Waals surface area contributed by atoms with Gasteiger partial charge in [0.25, 0.3) is 11.8 Å². The molecule has 1 atom stereocenters. The molecule has 8 nitrogen and oxygen atoms in total. The first-order valence-corrected chi connectivity index (χ1v) is 8.08. The van der Waals surface area contributed by atoms with Crippen LogP contribution in [0.2, 0.25) is 5.02 Å². The number of amides is 4. The Hall–Kier alpha value is -2.68. The fraction of sp³-hybridized carbons (Fsp3) is 0.375. The van der Waals surface area contributed by atoms with E-state index in [1.165, 1.54) is 12.1 Å². The van der Waals surface area contributed by atoms with Gasteiger partial charge in [-0.15, -0.1) is 0 Å². The molecule has 140 valence electrons. The minimum atomic E-state index is -1.07. The van der Waals surface area contributed by atoms with Crippen molar-refractivity contribution in [1.82, 2.24) is 10.2 Å². The molecular formula is C16H17ClFN3O5. The first kappa shape index (κ1) is 19.6. The van der Waals surface area contributed by atoms with E-state index >= 15 is 0 Å². The maximum atomic E-state index is 13.5. The average Bonchev–Trinajstić information content (AvgIpc) is 2.80. The van der Waals surface area contributed by atoms with Crippen molar-refractivity contribution in [3.63, 3.8) is 0 Å². The van der Waals surface area contributed by atoms with Crippen LogP contribution >= 0.6 is 11.6 Å². The summed E-state index contributed by atoms with van der Waals surface area (Å²) >= 11 is 5.71. The third-order valence-corrected chi connectivity index (χ3v) is 4.14. The topological polar surface area (TPSA) is 105 Å². The highest BCUT2D eigenvalue weighted by Crippen LogP contribution is 2.21. The van der Waals surface area contributed by atoms with Crippen molar-refractivity contribution in [2.75, 3.05) is 18.5 Å².